The van der Waals surface area contributed by atoms with Gasteiger partial charge < -0.3 is 19.5 Å². The Labute approximate surface area is 183 Å². The fraction of sp³-hybridized carbons (Fsp3) is 0.250. The highest BCUT2D eigenvalue weighted by molar-refractivity contribution is 5.96. The van der Waals surface area contributed by atoms with E-state index in [9.17, 15) is 19.8 Å². The van der Waals surface area contributed by atoms with E-state index in [-0.39, 0.29) is 17.1 Å². The zero-order valence-corrected chi connectivity index (χ0v) is 18.0. The Hall–Kier alpha value is -3.78. The first-order chi connectivity index (χ1) is 15.3. The number of rotatable bonds is 2. The fourth-order valence-corrected chi connectivity index (χ4v) is 4.55. The zero-order valence-electron chi connectivity index (χ0n) is 18.0. The molecule has 0 unspecified atom stereocenters. The molecule has 2 aromatic carbocycles. The van der Waals surface area contributed by atoms with Crippen LogP contribution in [0, 0.1) is 6.92 Å². The Kier molecular flexibility index (Phi) is 4.49. The van der Waals surface area contributed by atoms with Crippen molar-refractivity contribution in [2.75, 3.05) is 6.61 Å². The summed E-state index contributed by atoms with van der Waals surface area (Å²) >= 11 is 0. The predicted octanol–water partition coefficient (Wildman–Crippen LogP) is 2.54. The second-order valence-electron chi connectivity index (χ2n) is 8.18. The summed E-state index contributed by atoms with van der Waals surface area (Å²) in [5.74, 6) is -0.492. The number of hydrogen-bond donors (Lipinski definition) is 2. The van der Waals surface area contributed by atoms with Crippen LogP contribution < -0.4 is 11.2 Å². The molecule has 8 nitrogen and oxygen atoms in total. The molecule has 32 heavy (non-hydrogen) atoms. The van der Waals surface area contributed by atoms with Crippen LogP contribution in [0.5, 0.6) is 11.5 Å². The average molecular weight is 433 g/mol. The van der Waals surface area contributed by atoms with Gasteiger partial charge in [-0.05, 0) is 30.2 Å². The van der Waals surface area contributed by atoms with Crippen LogP contribution in [0.15, 0.2) is 52.1 Å². The molecule has 3 heterocycles. The minimum absolute atomic E-state index is 0.230. The van der Waals surface area contributed by atoms with Crippen LogP contribution in [-0.2, 0) is 25.4 Å². The van der Waals surface area contributed by atoms with Crippen molar-refractivity contribution in [1.82, 2.24) is 13.7 Å². The second-order valence-corrected chi connectivity index (χ2v) is 8.18. The number of ether oxygens (including phenoxy) is 1. The van der Waals surface area contributed by atoms with Crippen LogP contribution in [0.3, 0.4) is 0 Å². The molecule has 5 rings (SSSR count). The van der Waals surface area contributed by atoms with Crippen molar-refractivity contribution < 1.29 is 14.9 Å². The number of aromatic hydroxyl groups is 2. The van der Waals surface area contributed by atoms with E-state index in [1.807, 2.05) is 35.8 Å². The lowest BCUT2D eigenvalue weighted by Crippen LogP contribution is -2.37. The van der Waals surface area contributed by atoms with Gasteiger partial charge in [0.15, 0.2) is 11.5 Å². The number of benzene rings is 2. The van der Waals surface area contributed by atoms with Crippen molar-refractivity contribution >= 4 is 10.9 Å². The molecule has 0 spiro atoms. The third kappa shape index (κ3) is 2.80. The Morgan fingerprint density at radius 3 is 2.38 bits per heavy atom. The van der Waals surface area contributed by atoms with Crippen molar-refractivity contribution in [3.8, 4) is 22.8 Å². The van der Waals surface area contributed by atoms with E-state index >= 15 is 0 Å². The minimum atomic E-state index is -0.630. The number of phenols is 2. The largest absolute Gasteiger partial charge is 0.504 e. The molecule has 0 bridgehead atoms. The molecule has 0 fully saturated rings. The first-order valence-corrected chi connectivity index (χ1v) is 10.3. The second kappa shape index (κ2) is 7.13. The quantitative estimate of drug-likeness (QED) is 0.474. The van der Waals surface area contributed by atoms with Gasteiger partial charge >= 0.3 is 5.69 Å². The van der Waals surface area contributed by atoms with Crippen LogP contribution >= 0.6 is 0 Å². The standard InChI is InChI=1S/C24H23N3O5/c1-13-4-6-14(7-5-13)19-18-20(25(2)24(31)26(3)23(18)30)21-22(32-11-10-27(19)21)15-8-9-16(28)17(29)12-15/h4-9,12,22,28-29H,10-11H2,1-3H3/t22-/m0/s1. The summed E-state index contributed by atoms with van der Waals surface area (Å²) in [6.07, 6.45) is -0.630. The van der Waals surface area contributed by atoms with Crippen LogP contribution in [0.25, 0.3) is 22.2 Å². The lowest BCUT2D eigenvalue weighted by atomic mass is 10.0. The molecular formula is C24H23N3O5. The van der Waals surface area contributed by atoms with E-state index in [0.717, 1.165) is 21.4 Å². The van der Waals surface area contributed by atoms with Crippen molar-refractivity contribution in [2.45, 2.75) is 19.6 Å². The highest BCUT2D eigenvalue weighted by Gasteiger charge is 2.33. The van der Waals surface area contributed by atoms with E-state index in [2.05, 4.69) is 0 Å². The normalized spacial score (nSPS) is 15.8. The van der Waals surface area contributed by atoms with E-state index in [1.54, 1.807) is 13.1 Å². The van der Waals surface area contributed by atoms with Gasteiger partial charge in [0.25, 0.3) is 5.56 Å². The molecule has 0 saturated carbocycles. The van der Waals surface area contributed by atoms with Crippen LogP contribution in [0.2, 0.25) is 0 Å². The van der Waals surface area contributed by atoms with Gasteiger partial charge in [0.1, 0.15) is 6.10 Å². The van der Waals surface area contributed by atoms with Gasteiger partial charge in [-0.25, -0.2) is 4.79 Å². The van der Waals surface area contributed by atoms with Gasteiger partial charge in [0.2, 0.25) is 0 Å². The Bertz CT molecular complexity index is 1490. The monoisotopic (exact) mass is 433 g/mol. The molecule has 8 heteroatoms. The van der Waals surface area contributed by atoms with E-state index in [1.165, 1.54) is 23.7 Å². The maximum absolute atomic E-state index is 13.3. The molecule has 0 radical (unpaired) electrons. The topological polar surface area (TPSA) is 98.6 Å². The van der Waals surface area contributed by atoms with E-state index in [0.29, 0.717) is 35.3 Å². The lowest BCUT2D eigenvalue weighted by molar-refractivity contribution is 0.0477. The third-order valence-electron chi connectivity index (χ3n) is 6.18. The number of aryl methyl sites for hydroxylation is 2. The van der Waals surface area contributed by atoms with Crippen molar-refractivity contribution in [2.24, 2.45) is 14.1 Å². The minimum Gasteiger partial charge on any atom is -0.504 e. The van der Waals surface area contributed by atoms with Gasteiger partial charge in [-0.3, -0.25) is 13.9 Å². The molecule has 0 amide bonds. The maximum atomic E-state index is 13.3. The molecule has 4 aromatic rings. The smallest absolute Gasteiger partial charge is 0.331 e. The predicted molar refractivity (Wildman–Crippen MR) is 120 cm³/mol. The highest BCUT2D eigenvalue weighted by Crippen LogP contribution is 2.41. The molecule has 0 aliphatic carbocycles. The summed E-state index contributed by atoms with van der Waals surface area (Å²) in [5.41, 5.74) is 3.71. The summed E-state index contributed by atoms with van der Waals surface area (Å²) in [6.45, 7) is 2.89. The summed E-state index contributed by atoms with van der Waals surface area (Å²) in [5, 5.41) is 20.3. The lowest BCUT2D eigenvalue weighted by Gasteiger charge is -2.28. The van der Waals surface area contributed by atoms with Crippen LogP contribution in [0.1, 0.15) is 22.9 Å². The van der Waals surface area contributed by atoms with Crippen molar-refractivity contribution in [1.29, 1.82) is 0 Å². The summed E-state index contributed by atoms with van der Waals surface area (Å²) in [7, 11) is 3.12. The number of phenolic OH excluding ortho intramolecular Hbond substituents is 2. The van der Waals surface area contributed by atoms with Crippen molar-refractivity contribution in [3.63, 3.8) is 0 Å². The maximum Gasteiger partial charge on any atom is 0.331 e. The van der Waals surface area contributed by atoms with Crippen LogP contribution in [-0.4, -0.2) is 30.5 Å². The number of aromatic nitrogens is 3. The summed E-state index contributed by atoms with van der Waals surface area (Å²) in [4.78, 5) is 26.2. The fourth-order valence-electron chi connectivity index (χ4n) is 4.55. The molecule has 2 N–H and O–H groups in total. The van der Waals surface area contributed by atoms with Crippen LogP contribution in [0.4, 0.5) is 0 Å². The molecule has 1 aliphatic rings. The molecule has 1 atom stereocenters. The Morgan fingerprint density at radius 1 is 0.969 bits per heavy atom. The molecule has 1 aliphatic heterocycles. The van der Waals surface area contributed by atoms with E-state index < -0.39 is 11.8 Å². The molecule has 2 aromatic heterocycles. The Balaban J connectivity index is 1.93. The number of hydrogen-bond acceptors (Lipinski definition) is 5. The third-order valence-corrected chi connectivity index (χ3v) is 6.18. The van der Waals surface area contributed by atoms with Crippen molar-refractivity contribution in [3.05, 3.63) is 80.1 Å². The Morgan fingerprint density at radius 2 is 1.69 bits per heavy atom. The number of nitrogens with zero attached hydrogens (tertiary/aromatic N) is 3. The SMILES string of the molecule is Cc1ccc(-c2c3c(=O)n(C)c(=O)n(C)c3c3n2CCO[C@H]3c2ccc(O)c(O)c2)cc1. The summed E-state index contributed by atoms with van der Waals surface area (Å²) in [6, 6.07) is 12.4. The highest BCUT2D eigenvalue weighted by atomic mass is 16.5. The van der Waals surface area contributed by atoms with Gasteiger partial charge in [0.05, 0.1) is 28.9 Å². The molecule has 164 valence electrons. The average Bonchev–Trinajstić information content (AvgIpc) is 3.14. The first-order valence-electron chi connectivity index (χ1n) is 10.3. The van der Waals surface area contributed by atoms with Gasteiger partial charge in [-0.1, -0.05) is 35.9 Å². The summed E-state index contributed by atoms with van der Waals surface area (Å²) < 4.78 is 10.7. The zero-order chi connectivity index (χ0) is 22.7. The molecule has 0 saturated heterocycles. The molecular weight excluding hydrogens is 410 g/mol. The van der Waals surface area contributed by atoms with E-state index in [4.69, 9.17) is 4.74 Å². The van der Waals surface area contributed by atoms with Gasteiger partial charge in [-0.2, -0.15) is 0 Å². The van der Waals surface area contributed by atoms with Gasteiger partial charge in [-0.15, -0.1) is 0 Å². The first kappa shape index (κ1) is 20.1. The van der Waals surface area contributed by atoms with Gasteiger partial charge in [0, 0.05) is 20.6 Å². The number of fused-ring (bicyclic) bond motifs is 3.